The second kappa shape index (κ2) is 1.78. The fourth-order valence-electron chi connectivity index (χ4n) is 0. The van der Waals surface area contributed by atoms with E-state index in [-0.39, 0.29) is 0 Å². The quantitative estimate of drug-likeness (QED) is 0.424. The van der Waals surface area contributed by atoms with Crippen molar-refractivity contribution < 1.29 is 13.2 Å². The van der Waals surface area contributed by atoms with Crippen LogP contribution in [0.4, 0.5) is 13.2 Å². The highest BCUT2D eigenvalue weighted by Crippen LogP contribution is 2.32. The van der Waals surface area contributed by atoms with Gasteiger partial charge in [-0.1, -0.05) is 0 Å². The first kappa shape index (κ1) is 6.22. The van der Waals surface area contributed by atoms with Crippen LogP contribution in [-0.4, -0.2) is 12.6 Å². The standard InChI is InChI=1S/C2H3F3P/c1-6-2(3,4)5/h1H3. The minimum absolute atomic E-state index is 0.525. The lowest BCUT2D eigenvalue weighted by atomic mass is 11.6. The van der Waals surface area contributed by atoms with Gasteiger partial charge < -0.3 is 0 Å². The van der Waals surface area contributed by atoms with E-state index in [1.807, 2.05) is 0 Å². The van der Waals surface area contributed by atoms with E-state index in [0.717, 1.165) is 6.66 Å². The molecule has 0 aliphatic rings. The van der Waals surface area contributed by atoms with Crippen molar-refractivity contribution in [2.75, 3.05) is 6.66 Å². The highest BCUT2D eigenvalue weighted by atomic mass is 31.1. The van der Waals surface area contributed by atoms with Crippen LogP contribution in [0.2, 0.25) is 0 Å². The van der Waals surface area contributed by atoms with E-state index in [9.17, 15) is 13.2 Å². The Hall–Kier alpha value is 0.220. The molecule has 0 unspecified atom stereocenters. The van der Waals surface area contributed by atoms with Crippen molar-refractivity contribution in [3.05, 3.63) is 0 Å². The van der Waals surface area contributed by atoms with Gasteiger partial charge in [-0.15, -0.1) is 0 Å². The monoisotopic (exact) mass is 115 g/mol. The zero-order valence-electron chi connectivity index (χ0n) is 3.08. The first-order chi connectivity index (χ1) is 2.56. The van der Waals surface area contributed by atoms with E-state index in [0.29, 0.717) is 0 Å². The van der Waals surface area contributed by atoms with Crippen LogP contribution in [0.1, 0.15) is 0 Å². The van der Waals surface area contributed by atoms with Gasteiger partial charge in [-0.2, -0.15) is 13.2 Å². The third-order valence-electron chi connectivity index (χ3n) is 0.254. The minimum Gasteiger partial charge on any atom is -0.167 e. The van der Waals surface area contributed by atoms with Gasteiger partial charge in [-0.05, 0) is 6.66 Å². The molecule has 37 valence electrons. The number of halogens is 3. The van der Waals surface area contributed by atoms with Crippen LogP contribution in [0.3, 0.4) is 0 Å². The van der Waals surface area contributed by atoms with E-state index < -0.39 is 14.5 Å². The molecule has 0 saturated carbocycles. The Labute approximate surface area is 35.5 Å². The molecule has 0 saturated heterocycles. The van der Waals surface area contributed by atoms with Gasteiger partial charge >= 0.3 is 5.92 Å². The predicted octanol–water partition coefficient (Wildman–Crippen LogP) is 2.08. The predicted molar refractivity (Wildman–Crippen MR) is 18.9 cm³/mol. The fraction of sp³-hybridized carbons (Fsp3) is 1.00. The molecule has 6 heavy (non-hydrogen) atoms. The van der Waals surface area contributed by atoms with Crippen LogP contribution >= 0.6 is 8.58 Å². The fourth-order valence-corrected chi connectivity index (χ4v) is 0. The van der Waals surface area contributed by atoms with Gasteiger partial charge in [0.2, 0.25) is 0 Å². The van der Waals surface area contributed by atoms with Crippen molar-refractivity contribution in [3.8, 4) is 0 Å². The van der Waals surface area contributed by atoms with Crippen LogP contribution in [0.5, 0.6) is 0 Å². The topological polar surface area (TPSA) is 0 Å². The third kappa shape index (κ3) is 4.22. The molecule has 0 atom stereocenters. The third-order valence-corrected chi connectivity index (χ3v) is 0.761. The van der Waals surface area contributed by atoms with E-state index in [1.165, 1.54) is 0 Å². The molecular formula is C2H3F3P. The highest BCUT2D eigenvalue weighted by Gasteiger charge is 2.23. The second-order valence-corrected chi connectivity index (χ2v) is 1.65. The summed E-state index contributed by atoms with van der Waals surface area (Å²) in [4.78, 5) is 0. The maximum atomic E-state index is 10.8. The molecule has 0 aromatic carbocycles. The van der Waals surface area contributed by atoms with E-state index in [1.54, 1.807) is 0 Å². The molecule has 0 amide bonds. The normalized spacial score (nSPS) is 14.0. The number of alkyl halides is 3. The summed E-state index contributed by atoms with van der Waals surface area (Å²) in [6.07, 6.45) is 0. The summed E-state index contributed by atoms with van der Waals surface area (Å²) >= 11 is 0. The highest BCUT2D eigenvalue weighted by molar-refractivity contribution is 7.38. The summed E-state index contributed by atoms with van der Waals surface area (Å²) in [5.74, 6) is -3.99. The summed E-state index contributed by atoms with van der Waals surface area (Å²) in [6.45, 7) is 1.06. The lowest BCUT2D eigenvalue weighted by Gasteiger charge is -1.95. The molecule has 0 fully saturated rings. The van der Waals surface area contributed by atoms with E-state index in [2.05, 4.69) is 0 Å². The zero-order valence-corrected chi connectivity index (χ0v) is 3.98. The van der Waals surface area contributed by atoms with Crippen molar-refractivity contribution >= 4 is 8.58 Å². The Morgan fingerprint density at radius 2 is 1.50 bits per heavy atom. The number of hydrogen-bond donors (Lipinski definition) is 0. The molecule has 0 aliphatic heterocycles. The number of rotatable bonds is 0. The average Bonchev–Trinajstić information content (AvgIpc) is 1.35. The molecule has 1 radical (unpaired) electrons. The van der Waals surface area contributed by atoms with Gasteiger partial charge in [0.05, 0.1) is 0 Å². The van der Waals surface area contributed by atoms with Crippen molar-refractivity contribution in [2.45, 2.75) is 5.92 Å². The van der Waals surface area contributed by atoms with E-state index >= 15 is 0 Å². The van der Waals surface area contributed by atoms with Crippen molar-refractivity contribution in [1.82, 2.24) is 0 Å². The molecule has 0 bridgehead atoms. The molecule has 0 aromatic heterocycles. The first-order valence-electron chi connectivity index (χ1n) is 1.24. The Morgan fingerprint density at radius 3 is 1.50 bits per heavy atom. The van der Waals surface area contributed by atoms with Crippen molar-refractivity contribution in [2.24, 2.45) is 0 Å². The minimum atomic E-state index is -3.99. The van der Waals surface area contributed by atoms with Crippen LogP contribution in [0.25, 0.3) is 0 Å². The molecule has 0 nitrogen and oxygen atoms in total. The maximum Gasteiger partial charge on any atom is 0.409 e. The number of hydrogen-bond acceptors (Lipinski definition) is 0. The summed E-state index contributed by atoms with van der Waals surface area (Å²) in [5.41, 5.74) is 0. The second-order valence-electron chi connectivity index (χ2n) is 0.691. The van der Waals surface area contributed by atoms with Crippen LogP contribution in [0, 0.1) is 0 Å². The average molecular weight is 115 g/mol. The summed E-state index contributed by atoms with van der Waals surface area (Å²) in [7, 11) is -0.525. The summed E-state index contributed by atoms with van der Waals surface area (Å²) < 4.78 is 32.3. The summed E-state index contributed by atoms with van der Waals surface area (Å²) in [6, 6.07) is 0. The molecule has 0 aliphatic carbocycles. The smallest absolute Gasteiger partial charge is 0.167 e. The Kier molecular flexibility index (Phi) is 1.85. The van der Waals surface area contributed by atoms with Crippen LogP contribution in [0.15, 0.2) is 0 Å². The molecule has 0 rings (SSSR count). The molecule has 0 spiro atoms. The Balaban J connectivity index is 3.17. The molecular weight excluding hydrogens is 112 g/mol. The van der Waals surface area contributed by atoms with Crippen molar-refractivity contribution in [1.29, 1.82) is 0 Å². The first-order valence-corrected chi connectivity index (χ1v) is 2.58. The zero-order chi connectivity index (χ0) is 5.21. The summed E-state index contributed by atoms with van der Waals surface area (Å²) in [5, 5.41) is 0. The lowest BCUT2D eigenvalue weighted by molar-refractivity contribution is -0.0365. The molecule has 0 aromatic rings. The van der Waals surface area contributed by atoms with Gasteiger partial charge in [0.1, 0.15) is 0 Å². The van der Waals surface area contributed by atoms with Gasteiger partial charge in [0.15, 0.2) is 0 Å². The van der Waals surface area contributed by atoms with Gasteiger partial charge in [0.25, 0.3) is 0 Å². The Bertz CT molecular complexity index is 38.5. The lowest BCUT2D eigenvalue weighted by Crippen LogP contribution is -1.93. The van der Waals surface area contributed by atoms with Crippen LogP contribution < -0.4 is 0 Å². The van der Waals surface area contributed by atoms with E-state index in [4.69, 9.17) is 0 Å². The largest absolute Gasteiger partial charge is 0.409 e. The van der Waals surface area contributed by atoms with Gasteiger partial charge in [0, 0.05) is 8.58 Å². The van der Waals surface area contributed by atoms with Gasteiger partial charge in [-0.25, -0.2) is 0 Å². The van der Waals surface area contributed by atoms with Crippen LogP contribution in [-0.2, 0) is 0 Å². The Morgan fingerprint density at radius 1 is 1.33 bits per heavy atom. The molecule has 0 N–H and O–H groups in total. The molecule has 0 heterocycles. The molecule has 4 heteroatoms. The SMILES string of the molecule is C[P]C(F)(F)F. The van der Waals surface area contributed by atoms with Gasteiger partial charge in [-0.3, -0.25) is 0 Å². The maximum absolute atomic E-state index is 10.8. The van der Waals surface area contributed by atoms with Crippen molar-refractivity contribution in [3.63, 3.8) is 0 Å².